The van der Waals surface area contributed by atoms with E-state index < -0.39 is 5.60 Å². The lowest BCUT2D eigenvalue weighted by Crippen LogP contribution is -2.41. The van der Waals surface area contributed by atoms with Gasteiger partial charge in [0.15, 0.2) is 0 Å². The number of rotatable bonds is 5. The first-order chi connectivity index (χ1) is 5.66. The largest absolute Gasteiger partial charge is 0.389 e. The molecular weight excluding hydrogens is 182 g/mol. The van der Waals surface area contributed by atoms with Gasteiger partial charge in [-0.2, -0.15) is 12.6 Å². The van der Waals surface area contributed by atoms with Gasteiger partial charge in [-0.25, -0.2) is 0 Å². The minimum atomic E-state index is -0.610. The van der Waals surface area contributed by atoms with E-state index in [1.165, 1.54) is 0 Å². The maximum absolute atomic E-state index is 9.60. The minimum Gasteiger partial charge on any atom is -0.389 e. The third kappa shape index (κ3) is 7.35. The number of aliphatic hydroxyl groups is 1. The van der Waals surface area contributed by atoms with Crippen molar-refractivity contribution in [2.75, 3.05) is 25.9 Å². The Balaban J connectivity index is 3.94. The highest BCUT2D eigenvalue weighted by Crippen LogP contribution is 2.18. The second-order valence-corrected chi connectivity index (χ2v) is 5.62. The molecule has 0 aliphatic heterocycles. The highest BCUT2D eigenvalue weighted by Gasteiger charge is 2.22. The van der Waals surface area contributed by atoms with Gasteiger partial charge in [0.25, 0.3) is 0 Å². The second kappa shape index (κ2) is 4.67. The lowest BCUT2D eigenvalue weighted by Gasteiger charge is -2.32. The molecule has 2 nitrogen and oxygen atoms in total. The van der Waals surface area contributed by atoms with E-state index >= 15 is 0 Å². The van der Waals surface area contributed by atoms with Crippen molar-refractivity contribution in [2.24, 2.45) is 5.41 Å². The summed E-state index contributed by atoms with van der Waals surface area (Å²) in [5, 5.41) is 9.60. The Morgan fingerprint density at radius 3 is 1.92 bits per heavy atom. The first kappa shape index (κ1) is 13.3. The molecule has 0 bridgehead atoms. The Bertz CT molecular complexity index is 151. The zero-order valence-corrected chi connectivity index (χ0v) is 10.4. The Hall–Kier alpha value is 0.270. The summed E-state index contributed by atoms with van der Waals surface area (Å²) in [7, 11) is 2.03. The number of thiol groups is 1. The Kier molecular flexibility index (Phi) is 4.77. The lowest BCUT2D eigenvalue weighted by atomic mass is 9.95. The van der Waals surface area contributed by atoms with Crippen molar-refractivity contribution in [1.29, 1.82) is 0 Å². The number of hydrogen-bond donors (Lipinski definition) is 2. The zero-order valence-electron chi connectivity index (χ0n) is 9.46. The summed E-state index contributed by atoms with van der Waals surface area (Å²) in [5.74, 6) is 0.864. The summed E-state index contributed by atoms with van der Waals surface area (Å²) in [6, 6.07) is 0. The Morgan fingerprint density at radius 1 is 1.15 bits per heavy atom. The zero-order chi connectivity index (χ0) is 10.7. The standard InChI is InChI=1S/C10H23NOS/c1-9(2,8-13)6-11(5)7-10(3,4)12/h12-13H,6-8H2,1-5H3. The van der Waals surface area contributed by atoms with Crippen molar-refractivity contribution in [3.63, 3.8) is 0 Å². The van der Waals surface area contributed by atoms with E-state index in [0.29, 0.717) is 6.54 Å². The molecule has 0 aromatic carbocycles. The van der Waals surface area contributed by atoms with E-state index in [2.05, 4.69) is 31.4 Å². The van der Waals surface area contributed by atoms with Gasteiger partial charge in [-0.1, -0.05) is 13.8 Å². The molecule has 0 saturated carbocycles. The predicted molar refractivity (Wildman–Crippen MR) is 61.4 cm³/mol. The van der Waals surface area contributed by atoms with Gasteiger partial charge in [0.05, 0.1) is 5.60 Å². The second-order valence-electron chi connectivity index (χ2n) is 5.31. The number of nitrogens with zero attached hydrogens (tertiary/aromatic N) is 1. The molecule has 0 amide bonds. The van der Waals surface area contributed by atoms with Crippen LogP contribution in [0.4, 0.5) is 0 Å². The highest BCUT2D eigenvalue weighted by atomic mass is 32.1. The molecule has 0 saturated heterocycles. The maximum atomic E-state index is 9.60. The van der Waals surface area contributed by atoms with Gasteiger partial charge in [0.1, 0.15) is 0 Å². The Labute approximate surface area is 87.7 Å². The fourth-order valence-electron chi connectivity index (χ4n) is 1.50. The summed E-state index contributed by atoms with van der Waals surface area (Å²) in [6.07, 6.45) is 0. The molecule has 80 valence electrons. The molecule has 0 aliphatic carbocycles. The monoisotopic (exact) mass is 205 g/mol. The highest BCUT2D eigenvalue weighted by molar-refractivity contribution is 7.80. The molecule has 1 N–H and O–H groups in total. The van der Waals surface area contributed by atoms with E-state index in [0.717, 1.165) is 12.3 Å². The molecule has 0 aromatic rings. The molecule has 0 aliphatic rings. The third-order valence-electron chi connectivity index (χ3n) is 1.78. The van der Waals surface area contributed by atoms with E-state index in [9.17, 15) is 5.11 Å². The molecule has 0 heterocycles. The van der Waals surface area contributed by atoms with Gasteiger partial charge in [-0.3, -0.25) is 0 Å². The average molecular weight is 205 g/mol. The first-order valence-electron chi connectivity index (χ1n) is 4.68. The normalized spacial score (nSPS) is 13.8. The predicted octanol–water partition coefficient (Wildman–Crippen LogP) is 1.65. The molecule has 0 spiro atoms. The molecule has 3 heteroatoms. The van der Waals surface area contributed by atoms with E-state index in [1.54, 1.807) is 0 Å². The van der Waals surface area contributed by atoms with Crippen LogP contribution in [0.2, 0.25) is 0 Å². The number of likely N-dealkylation sites (N-methyl/N-ethyl adjacent to an activating group) is 1. The fourth-order valence-corrected chi connectivity index (χ4v) is 1.60. The molecular formula is C10H23NOS. The molecule has 0 fully saturated rings. The van der Waals surface area contributed by atoms with E-state index in [1.807, 2.05) is 20.9 Å². The van der Waals surface area contributed by atoms with Crippen LogP contribution >= 0.6 is 12.6 Å². The average Bonchev–Trinajstić information content (AvgIpc) is 1.81. The van der Waals surface area contributed by atoms with Crippen LogP contribution in [0.15, 0.2) is 0 Å². The minimum absolute atomic E-state index is 0.211. The Morgan fingerprint density at radius 2 is 1.62 bits per heavy atom. The van der Waals surface area contributed by atoms with Gasteiger partial charge >= 0.3 is 0 Å². The third-order valence-corrected chi connectivity index (χ3v) is 2.64. The quantitative estimate of drug-likeness (QED) is 0.667. The SMILES string of the molecule is CN(CC(C)(C)O)CC(C)(C)CS. The summed E-state index contributed by atoms with van der Waals surface area (Å²) in [4.78, 5) is 2.15. The van der Waals surface area contributed by atoms with Crippen LogP contribution in [-0.4, -0.2) is 41.5 Å². The lowest BCUT2D eigenvalue weighted by molar-refractivity contribution is 0.0361. The summed E-state index contributed by atoms with van der Waals surface area (Å²) in [6.45, 7) is 9.68. The summed E-state index contributed by atoms with van der Waals surface area (Å²) in [5.41, 5.74) is -0.398. The van der Waals surface area contributed by atoms with Crippen molar-refractivity contribution in [1.82, 2.24) is 4.90 Å². The molecule has 0 unspecified atom stereocenters. The van der Waals surface area contributed by atoms with Crippen molar-refractivity contribution < 1.29 is 5.11 Å². The molecule has 0 aromatic heterocycles. The molecule has 0 rings (SSSR count). The summed E-state index contributed by atoms with van der Waals surface area (Å²) < 4.78 is 0. The van der Waals surface area contributed by atoms with Crippen molar-refractivity contribution >= 4 is 12.6 Å². The topological polar surface area (TPSA) is 23.5 Å². The smallest absolute Gasteiger partial charge is 0.0718 e. The van der Waals surface area contributed by atoms with Crippen LogP contribution < -0.4 is 0 Å². The van der Waals surface area contributed by atoms with E-state index in [-0.39, 0.29) is 5.41 Å². The van der Waals surface area contributed by atoms with Crippen LogP contribution in [0.3, 0.4) is 0 Å². The van der Waals surface area contributed by atoms with Crippen molar-refractivity contribution in [3.8, 4) is 0 Å². The first-order valence-corrected chi connectivity index (χ1v) is 5.31. The van der Waals surface area contributed by atoms with Gasteiger partial charge in [0, 0.05) is 13.1 Å². The van der Waals surface area contributed by atoms with Gasteiger partial charge in [-0.05, 0) is 32.1 Å². The molecule has 0 atom stereocenters. The maximum Gasteiger partial charge on any atom is 0.0718 e. The van der Waals surface area contributed by atoms with Crippen LogP contribution in [0.1, 0.15) is 27.7 Å². The van der Waals surface area contributed by atoms with Crippen LogP contribution in [0.5, 0.6) is 0 Å². The van der Waals surface area contributed by atoms with Gasteiger partial charge in [0.2, 0.25) is 0 Å². The van der Waals surface area contributed by atoms with Crippen LogP contribution in [-0.2, 0) is 0 Å². The van der Waals surface area contributed by atoms with Crippen molar-refractivity contribution in [2.45, 2.75) is 33.3 Å². The van der Waals surface area contributed by atoms with Gasteiger partial charge in [-0.15, -0.1) is 0 Å². The molecule has 0 radical (unpaired) electrons. The molecule has 13 heavy (non-hydrogen) atoms. The van der Waals surface area contributed by atoms with Crippen molar-refractivity contribution in [3.05, 3.63) is 0 Å². The van der Waals surface area contributed by atoms with Gasteiger partial charge < -0.3 is 10.0 Å². The van der Waals surface area contributed by atoms with E-state index in [4.69, 9.17) is 0 Å². The number of hydrogen-bond acceptors (Lipinski definition) is 3. The summed E-state index contributed by atoms with van der Waals surface area (Å²) >= 11 is 4.30. The van der Waals surface area contributed by atoms with Crippen LogP contribution in [0, 0.1) is 5.41 Å². The fraction of sp³-hybridized carbons (Fsp3) is 1.00. The van der Waals surface area contributed by atoms with Crippen LogP contribution in [0.25, 0.3) is 0 Å².